The van der Waals surface area contributed by atoms with Crippen molar-refractivity contribution in [1.29, 1.82) is 0 Å². The molecule has 1 aromatic carbocycles. The highest BCUT2D eigenvalue weighted by Crippen LogP contribution is 2.27. The minimum atomic E-state index is -0.983. The summed E-state index contributed by atoms with van der Waals surface area (Å²) in [6.45, 7) is 0. The molecule has 0 heterocycles. The number of carbonyl (C=O) groups excluding carboxylic acids is 1. The van der Waals surface area contributed by atoms with Crippen LogP contribution >= 0.6 is 27.5 Å². The molecule has 0 radical (unpaired) electrons. The predicted molar refractivity (Wildman–Crippen MR) is 73.1 cm³/mol. The van der Waals surface area contributed by atoms with Gasteiger partial charge in [0.1, 0.15) is 11.2 Å². The molecule has 1 N–H and O–H groups in total. The Balaban J connectivity index is 2.07. The monoisotopic (exact) mass is 333 g/mol. The van der Waals surface area contributed by atoms with Gasteiger partial charge in [-0.25, -0.2) is 4.39 Å². The van der Waals surface area contributed by atoms with Crippen molar-refractivity contribution in [1.82, 2.24) is 5.32 Å². The van der Waals surface area contributed by atoms with Gasteiger partial charge in [-0.15, -0.1) is 11.6 Å². The average Bonchev–Trinajstić information content (AvgIpc) is 2.84. The van der Waals surface area contributed by atoms with E-state index in [-0.39, 0.29) is 17.5 Å². The largest absolute Gasteiger partial charge is 0.352 e. The summed E-state index contributed by atoms with van der Waals surface area (Å²) in [5.41, 5.74) is 0.210. The van der Waals surface area contributed by atoms with Crippen molar-refractivity contribution in [3.05, 3.63) is 34.1 Å². The summed E-state index contributed by atoms with van der Waals surface area (Å²) in [6.07, 6.45) is 4.22. The highest BCUT2D eigenvalue weighted by atomic mass is 79.9. The first-order valence-electron chi connectivity index (χ1n) is 5.97. The third-order valence-electron chi connectivity index (χ3n) is 3.16. The highest BCUT2D eigenvalue weighted by Gasteiger charge is 2.25. The lowest BCUT2D eigenvalue weighted by molar-refractivity contribution is -0.121. The molecular weight excluding hydrogens is 321 g/mol. The Morgan fingerprint density at radius 2 is 2.11 bits per heavy atom. The summed E-state index contributed by atoms with van der Waals surface area (Å²) in [5, 5.41) is 1.89. The van der Waals surface area contributed by atoms with Crippen molar-refractivity contribution in [2.75, 3.05) is 0 Å². The maximum absolute atomic E-state index is 13.6. The van der Waals surface area contributed by atoms with Gasteiger partial charge in [0, 0.05) is 16.1 Å². The van der Waals surface area contributed by atoms with Crippen LogP contribution in [0.3, 0.4) is 0 Å². The molecule has 98 valence electrons. The van der Waals surface area contributed by atoms with Crippen molar-refractivity contribution >= 4 is 33.4 Å². The first-order valence-corrected chi connectivity index (χ1v) is 7.20. The Kier molecular flexibility index (Phi) is 4.62. The standard InChI is InChI=1S/C13H14BrClFNO/c14-8-5-6-11(16)10(7-8)12(15)13(18)17-9-3-1-2-4-9/h5-7,9,12H,1-4H2,(H,17,18). The smallest absolute Gasteiger partial charge is 0.242 e. The lowest BCUT2D eigenvalue weighted by Crippen LogP contribution is -2.35. The molecule has 0 aromatic heterocycles. The molecule has 0 spiro atoms. The Morgan fingerprint density at radius 3 is 2.78 bits per heavy atom. The molecule has 1 unspecified atom stereocenters. The van der Waals surface area contributed by atoms with Crippen LogP contribution in [0.5, 0.6) is 0 Å². The van der Waals surface area contributed by atoms with Gasteiger partial charge in [0.05, 0.1) is 0 Å². The summed E-state index contributed by atoms with van der Waals surface area (Å²) in [7, 11) is 0. The van der Waals surface area contributed by atoms with Crippen LogP contribution in [0, 0.1) is 5.82 Å². The van der Waals surface area contributed by atoms with Crippen molar-refractivity contribution in [2.45, 2.75) is 37.1 Å². The molecular formula is C13H14BrClFNO. The normalized spacial score (nSPS) is 17.7. The zero-order valence-electron chi connectivity index (χ0n) is 9.76. The number of nitrogens with one attached hydrogen (secondary N) is 1. The molecule has 2 nitrogen and oxygen atoms in total. The SMILES string of the molecule is O=C(NC1CCCC1)C(Cl)c1cc(Br)ccc1F. The second-order valence-corrected chi connectivity index (χ2v) is 5.87. The van der Waals surface area contributed by atoms with E-state index in [2.05, 4.69) is 21.2 Å². The molecule has 1 atom stereocenters. The van der Waals surface area contributed by atoms with E-state index in [0.717, 1.165) is 25.7 Å². The molecule has 5 heteroatoms. The Bertz CT molecular complexity index is 449. The quantitative estimate of drug-likeness (QED) is 0.834. The van der Waals surface area contributed by atoms with Crippen LogP contribution in [0.1, 0.15) is 36.6 Å². The van der Waals surface area contributed by atoms with Crippen LogP contribution in [-0.4, -0.2) is 11.9 Å². The van der Waals surface area contributed by atoms with Gasteiger partial charge in [-0.2, -0.15) is 0 Å². The second kappa shape index (κ2) is 6.02. The van der Waals surface area contributed by atoms with Gasteiger partial charge in [-0.3, -0.25) is 4.79 Å². The van der Waals surface area contributed by atoms with E-state index in [4.69, 9.17) is 11.6 Å². The van der Waals surface area contributed by atoms with E-state index in [0.29, 0.717) is 4.47 Å². The van der Waals surface area contributed by atoms with E-state index < -0.39 is 11.2 Å². The van der Waals surface area contributed by atoms with E-state index in [1.165, 1.54) is 6.07 Å². The Labute approximate surface area is 119 Å². The summed E-state index contributed by atoms with van der Waals surface area (Å²) in [6, 6.07) is 4.62. The van der Waals surface area contributed by atoms with Crippen LogP contribution in [0.25, 0.3) is 0 Å². The summed E-state index contributed by atoms with van der Waals surface area (Å²) < 4.78 is 14.3. The minimum Gasteiger partial charge on any atom is -0.352 e. The first-order chi connectivity index (χ1) is 8.58. The number of alkyl halides is 1. The van der Waals surface area contributed by atoms with Crippen LogP contribution in [0.15, 0.2) is 22.7 Å². The molecule has 2 rings (SSSR count). The van der Waals surface area contributed by atoms with E-state index in [9.17, 15) is 9.18 Å². The zero-order valence-corrected chi connectivity index (χ0v) is 12.1. The van der Waals surface area contributed by atoms with Crippen LogP contribution in [0.4, 0.5) is 4.39 Å². The Morgan fingerprint density at radius 1 is 1.44 bits per heavy atom. The van der Waals surface area contributed by atoms with Crippen molar-refractivity contribution in [2.24, 2.45) is 0 Å². The van der Waals surface area contributed by atoms with Gasteiger partial charge in [-0.1, -0.05) is 28.8 Å². The van der Waals surface area contributed by atoms with Gasteiger partial charge in [-0.05, 0) is 31.0 Å². The topological polar surface area (TPSA) is 29.1 Å². The molecule has 18 heavy (non-hydrogen) atoms. The molecule has 1 saturated carbocycles. The number of rotatable bonds is 3. The fourth-order valence-electron chi connectivity index (χ4n) is 2.19. The highest BCUT2D eigenvalue weighted by molar-refractivity contribution is 9.10. The molecule has 1 aromatic rings. The predicted octanol–water partition coefficient (Wildman–Crippen LogP) is 3.93. The van der Waals surface area contributed by atoms with Gasteiger partial charge in [0.15, 0.2) is 0 Å². The lowest BCUT2D eigenvalue weighted by Gasteiger charge is -2.16. The third kappa shape index (κ3) is 3.23. The van der Waals surface area contributed by atoms with Gasteiger partial charge in [0.2, 0.25) is 5.91 Å². The number of hydrogen-bond donors (Lipinski definition) is 1. The maximum atomic E-state index is 13.6. The van der Waals surface area contributed by atoms with Gasteiger partial charge >= 0.3 is 0 Å². The molecule has 1 amide bonds. The lowest BCUT2D eigenvalue weighted by atomic mass is 10.1. The van der Waals surface area contributed by atoms with Gasteiger partial charge in [0.25, 0.3) is 0 Å². The van der Waals surface area contributed by atoms with E-state index in [1.807, 2.05) is 0 Å². The summed E-state index contributed by atoms with van der Waals surface area (Å²) >= 11 is 9.28. The second-order valence-electron chi connectivity index (χ2n) is 4.52. The molecule has 1 fully saturated rings. The number of halogens is 3. The van der Waals surface area contributed by atoms with Crippen LogP contribution in [-0.2, 0) is 4.79 Å². The molecule has 1 aliphatic carbocycles. The molecule has 1 aliphatic rings. The number of hydrogen-bond acceptors (Lipinski definition) is 1. The summed E-state index contributed by atoms with van der Waals surface area (Å²) in [4.78, 5) is 11.9. The average molecular weight is 335 g/mol. The van der Waals surface area contributed by atoms with E-state index >= 15 is 0 Å². The van der Waals surface area contributed by atoms with E-state index in [1.54, 1.807) is 12.1 Å². The number of amides is 1. The molecule has 0 saturated heterocycles. The minimum absolute atomic E-state index is 0.189. The van der Waals surface area contributed by atoms with Crippen molar-refractivity contribution < 1.29 is 9.18 Å². The fraction of sp³-hybridized carbons (Fsp3) is 0.462. The van der Waals surface area contributed by atoms with Crippen molar-refractivity contribution in [3.8, 4) is 0 Å². The number of carbonyl (C=O) groups is 1. The third-order valence-corrected chi connectivity index (χ3v) is 4.09. The number of benzene rings is 1. The fourth-order valence-corrected chi connectivity index (χ4v) is 2.80. The van der Waals surface area contributed by atoms with Crippen LogP contribution in [0.2, 0.25) is 0 Å². The Hall–Kier alpha value is -0.610. The first kappa shape index (κ1) is 13.8. The molecule has 0 aliphatic heterocycles. The molecule has 0 bridgehead atoms. The summed E-state index contributed by atoms with van der Waals surface area (Å²) in [5.74, 6) is -0.777. The zero-order chi connectivity index (χ0) is 13.1. The van der Waals surface area contributed by atoms with Crippen molar-refractivity contribution in [3.63, 3.8) is 0 Å². The maximum Gasteiger partial charge on any atom is 0.242 e. The van der Waals surface area contributed by atoms with Gasteiger partial charge < -0.3 is 5.32 Å². The van der Waals surface area contributed by atoms with Crippen LogP contribution < -0.4 is 5.32 Å².